The van der Waals surface area contributed by atoms with E-state index in [4.69, 9.17) is 0 Å². The minimum atomic E-state index is -0.923. The lowest BCUT2D eigenvalue weighted by Crippen LogP contribution is -2.52. The number of hydrogen-bond acceptors (Lipinski definition) is 6. The number of thioether (sulfide) groups is 1. The minimum Gasteiger partial charge on any atom is -0.385 e. The highest BCUT2D eigenvalue weighted by atomic mass is 32.2. The van der Waals surface area contributed by atoms with E-state index < -0.39 is 5.60 Å². The number of anilines is 1. The highest BCUT2D eigenvalue weighted by molar-refractivity contribution is 7.99. The molecule has 0 bridgehead atoms. The second kappa shape index (κ2) is 11.0. The lowest BCUT2D eigenvalue weighted by atomic mass is 9.59. The van der Waals surface area contributed by atoms with Gasteiger partial charge in [-0.1, -0.05) is 98.4 Å². The van der Waals surface area contributed by atoms with Crippen molar-refractivity contribution in [1.82, 2.24) is 15.0 Å². The Labute approximate surface area is 193 Å². The molecule has 1 heterocycles. The first-order valence-electron chi connectivity index (χ1n) is 11.7. The molecule has 0 saturated carbocycles. The predicted molar refractivity (Wildman–Crippen MR) is 132 cm³/mol. The summed E-state index contributed by atoms with van der Waals surface area (Å²) in [6, 6.07) is 0. The van der Waals surface area contributed by atoms with E-state index in [1.165, 1.54) is 38.5 Å². The zero-order chi connectivity index (χ0) is 23.1. The fourth-order valence-corrected chi connectivity index (χ4v) is 4.78. The van der Waals surface area contributed by atoms with E-state index in [2.05, 4.69) is 74.8 Å². The van der Waals surface area contributed by atoms with Crippen LogP contribution in [0.5, 0.6) is 0 Å². The van der Waals surface area contributed by atoms with Gasteiger partial charge in [0.25, 0.3) is 0 Å². The van der Waals surface area contributed by atoms with E-state index >= 15 is 0 Å². The first kappa shape index (κ1) is 25.9. The molecule has 1 aliphatic carbocycles. The van der Waals surface area contributed by atoms with E-state index in [-0.39, 0.29) is 16.7 Å². The second-order valence-corrected chi connectivity index (χ2v) is 11.8. The smallest absolute Gasteiger partial charge is 0.231 e. The van der Waals surface area contributed by atoms with Crippen molar-refractivity contribution in [2.45, 2.75) is 97.7 Å². The fourth-order valence-electron chi connectivity index (χ4n) is 3.98. The number of aromatic nitrogens is 3. The van der Waals surface area contributed by atoms with Gasteiger partial charge in [0.2, 0.25) is 5.95 Å². The third-order valence-corrected chi connectivity index (χ3v) is 6.95. The molecule has 0 fully saturated rings. The third kappa shape index (κ3) is 7.31. The molecular formula is C25H42N4OS. The summed E-state index contributed by atoms with van der Waals surface area (Å²) in [4.78, 5) is 13.2. The molecule has 174 valence electrons. The maximum absolute atomic E-state index is 11.5. The third-order valence-electron chi connectivity index (χ3n) is 6.01. The summed E-state index contributed by atoms with van der Waals surface area (Å²) in [5.41, 5.74) is -0.395. The molecule has 31 heavy (non-hydrogen) atoms. The van der Waals surface area contributed by atoms with Crippen LogP contribution in [0.15, 0.2) is 35.4 Å². The van der Waals surface area contributed by atoms with Crippen molar-refractivity contribution < 1.29 is 5.11 Å². The second-order valence-electron chi connectivity index (χ2n) is 10.7. The van der Waals surface area contributed by atoms with Crippen LogP contribution in [-0.2, 0) is 0 Å². The summed E-state index contributed by atoms with van der Waals surface area (Å²) in [5, 5.41) is 15.6. The van der Waals surface area contributed by atoms with Gasteiger partial charge in [-0.05, 0) is 29.4 Å². The molecule has 0 radical (unpaired) electrons. The molecule has 2 unspecified atom stereocenters. The van der Waals surface area contributed by atoms with Crippen molar-refractivity contribution in [3.63, 3.8) is 0 Å². The number of allylic oxidation sites excluding steroid dienone is 1. The van der Waals surface area contributed by atoms with Crippen molar-refractivity contribution in [2.75, 3.05) is 11.1 Å². The topological polar surface area (TPSA) is 70.9 Å². The van der Waals surface area contributed by atoms with Gasteiger partial charge in [0.1, 0.15) is 6.33 Å². The summed E-state index contributed by atoms with van der Waals surface area (Å²) in [6.45, 7) is 15.0. The monoisotopic (exact) mass is 446 g/mol. The van der Waals surface area contributed by atoms with Gasteiger partial charge in [-0.2, -0.15) is 4.98 Å². The minimum absolute atomic E-state index is 0.0455. The van der Waals surface area contributed by atoms with Gasteiger partial charge in [0, 0.05) is 17.4 Å². The molecule has 1 aliphatic rings. The summed E-state index contributed by atoms with van der Waals surface area (Å²) < 4.78 is 0. The van der Waals surface area contributed by atoms with Gasteiger partial charge in [0.15, 0.2) is 5.16 Å². The Bertz CT molecular complexity index is 764. The van der Waals surface area contributed by atoms with Gasteiger partial charge in [0.05, 0.1) is 5.60 Å². The summed E-state index contributed by atoms with van der Waals surface area (Å²) in [7, 11) is 0. The van der Waals surface area contributed by atoms with Crippen LogP contribution in [0.1, 0.15) is 87.0 Å². The molecule has 2 N–H and O–H groups in total. The van der Waals surface area contributed by atoms with Gasteiger partial charge < -0.3 is 10.4 Å². The fraction of sp³-hybridized carbons (Fsp3) is 0.720. The number of hydrogen-bond donors (Lipinski definition) is 2. The average Bonchev–Trinajstić information content (AvgIpc) is 2.67. The van der Waals surface area contributed by atoms with Crippen LogP contribution >= 0.6 is 11.8 Å². The molecular weight excluding hydrogens is 404 g/mol. The van der Waals surface area contributed by atoms with E-state index in [1.54, 1.807) is 18.1 Å². The first-order valence-corrected chi connectivity index (χ1v) is 12.7. The lowest BCUT2D eigenvalue weighted by molar-refractivity contribution is -0.0804. The Morgan fingerprint density at radius 1 is 1.03 bits per heavy atom. The van der Waals surface area contributed by atoms with E-state index in [9.17, 15) is 5.11 Å². The van der Waals surface area contributed by atoms with Crippen LogP contribution in [0.3, 0.4) is 0 Å². The molecule has 0 aromatic carbocycles. The molecule has 0 spiro atoms. The van der Waals surface area contributed by atoms with Crippen LogP contribution in [0.25, 0.3) is 0 Å². The molecule has 0 saturated heterocycles. The molecule has 1 aromatic heterocycles. The Balaban J connectivity index is 2.01. The van der Waals surface area contributed by atoms with Crippen LogP contribution in [0.2, 0.25) is 0 Å². The van der Waals surface area contributed by atoms with Crippen molar-refractivity contribution in [3.8, 4) is 0 Å². The van der Waals surface area contributed by atoms with Gasteiger partial charge in [-0.25, -0.2) is 9.97 Å². The van der Waals surface area contributed by atoms with E-state index in [0.29, 0.717) is 5.95 Å². The highest BCUT2D eigenvalue weighted by Gasteiger charge is 2.49. The first-order chi connectivity index (χ1) is 14.5. The van der Waals surface area contributed by atoms with Crippen LogP contribution in [-0.4, -0.2) is 31.4 Å². The molecule has 5 nitrogen and oxygen atoms in total. The molecule has 0 aliphatic heterocycles. The number of unbranched alkanes of at least 4 members (excludes halogenated alkanes) is 5. The number of rotatable bonds is 10. The lowest BCUT2D eigenvalue weighted by Gasteiger charge is -2.49. The number of aliphatic hydroxyl groups is 1. The van der Waals surface area contributed by atoms with Crippen LogP contribution < -0.4 is 5.32 Å². The quantitative estimate of drug-likeness (QED) is 0.310. The summed E-state index contributed by atoms with van der Waals surface area (Å²) in [5.74, 6) is 1.53. The highest BCUT2D eigenvalue weighted by Crippen LogP contribution is 2.48. The van der Waals surface area contributed by atoms with Crippen LogP contribution in [0, 0.1) is 16.7 Å². The Kier molecular flexibility index (Phi) is 9.14. The summed E-state index contributed by atoms with van der Waals surface area (Å²) in [6.07, 6.45) is 15.3. The summed E-state index contributed by atoms with van der Waals surface area (Å²) >= 11 is 1.69. The average molecular weight is 447 g/mol. The van der Waals surface area contributed by atoms with Gasteiger partial charge in [-0.15, -0.1) is 0 Å². The van der Waals surface area contributed by atoms with Gasteiger partial charge in [-0.3, -0.25) is 0 Å². The Morgan fingerprint density at radius 2 is 1.71 bits per heavy atom. The van der Waals surface area contributed by atoms with Crippen molar-refractivity contribution >= 4 is 17.7 Å². The SMILES string of the molecule is CCCCCCCCSc1ncnc(NC2=CC(C(C)(C)C)C(O)(C(C)(C)C)C=C2)n1. The van der Waals surface area contributed by atoms with Crippen molar-refractivity contribution in [2.24, 2.45) is 16.7 Å². The number of nitrogens with one attached hydrogen (secondary N) is 1. The Hall–Kier alpha value is -1.40. The van der Waals surface area contributed by atoms with Gasteiger partial charge >= 0.3 is 0 Å². The maximum Gasteiger partial charge on any atom is 0.231 e. The predicted octanol–water partition coefficient (Wildman–Crippen LogP) is 6.63. The normalized spacial score (nSPS) is 21.8. The van der Waals surface area contributed by atoms with Crippen LogP contribution in [0.4, 0.5) is 5.95 Å². The largest absolute Gasteiger partial charge is 0.385 e. The zero-order valence-corrected chi connectivity index (χ0v) is 21.4. The molecule has 0 amide bonds. The maximum atomic E-state index is 11.5. The van der Waals surface area contributed by atoms with Crippen molar-refractivity contribution in [1.29, 1.82) is 0 Å². The van der Waals surface area contributed by atoms with Crippen molar-refractivity contribution in [3.05, 3.63) is 30.3 Å². The number of nitrogens with zero attached hydrogens (tertiary/aromatic N) is 3. The molecule has 1 aromatic rings. The molecule has 2 rings (SSSR count). The standard InChI is InChI=1S/C25H42N4OS/c1-8-9-10-11-12-13-16-31-22-27-18-26-21(29-22)28-19-14-15-25(30,24(5,6)7)20(17-19)23(2,3)4/h14-15,17-18,20,30H,8-13,16H2,1-7H3,(H,26,27,28,29). The molecule has 2 atom stereocenters. The molecule has 6 heteroatoms. The van der Waals surface area contributed by atoms with E-state index in [1.807, 2.05) is 12.2 Å². The Morgan fingerprint density at radius 3 is 2.35 bits per heavy atom. The zero-order valence-electron chi connectivity index (χ0n) is 20.5. The van der Waals surface area contributed by atoms with E-state index in [0.717, 1.165) is 16.6 Å².